The summed E-state index contributed by atoms with van der Waals surface area (Å²) in [6.07, 6.45) is 6.02. The molecule has 0 bridgehead atoms. The molecule has 0 spiro atoms. The van der Waals surface area contributed by atoms with Gasteiger partial charge in [0.2, 0.25) is 0 Å². The van der Waals surface area contributed by atoms with E-state index in [0.29, 0.717) is 11.8 Å². The third-order valence-corrected chi connectivity index (χ3v) is 10.7. The number of imidazole rings is 1. The monoisotopic (exact) mass is 897 g/mol. The van der Waals surface area contributed by atoms with Crippen LogP contribution in [0.5, 0.6) is 0 Å². The first kappa shape index (κ1) is 40.8. The Morgan fingerprint density at radius 3 is 1.65 bits per heavy atom. The number of benzene rings is 3. The predicted molar refractivity (Wildman–Crippen MR) is 218 cm³/mol. The summed E-state index contributed by atoms with van der Waals surface area (Å²) in [5.41, 5.74) is 15.0. The number of unbranched alkanes of at least 4 members (excludes halogenated alkanes) is 1. The number of hydrogen-bond donors (Lipinski definition) is 0. The number of allylic oxidation sites excluding steroid dienone is 4. The summed E-state index contributed by atoms with van der Waals surface area (Å²) in [6.45, 7) is 28.3. The van der Waals surface area contributed by atoms with E-state index in [1.54, 1.807) is 6.20 Å². The summed E-state index contributed by atoms with van der Waals surface area (Å²) in [6, 6.07) is 31.1. The van der Waals surface area contributed by atoms with Gasteiger partial charge in [0.15, 0.2) is 0 Å². The van der Waals surface area contributed by atoms with Gasteiger partial charge in [-0.3, -0.25) is 4.98 Å². The van der Waals surface area contributed by atoms with Crippen LogP contribution in [0.4, 0.5) is 11.4 Å². The van der Waals surface area contributed by atoms with E-state index in [0.717, 1.165) is 65.6 Å². The molecule has 2 aliphatic rings. The van der Waals surface area contributed by atoms with Gasteiger partial charge in [0.25, 0.3) is 0 Å². The molecule has 7 rings (SSSR count). The molecule has 4 heterocycles. The smallest absolute Gasteiger partial charge is 0.120 e. The van der Waals surface area contributed by atoms with E-state index in [9.17, 15) is 0 Å². The zero-order chi connectivity index (χ0) is 37.8. The first-order valence-electron chi connectivity index (χ1n) is 18.9. The van der Waals surface area contributed by atoms with Crippen LogP contribution in [-0.2, 0) is 20.1 Å². The van der Waals surface area contributed by atoms with Gasteiger partial charge in [0, 0.05) is 55.3 Å². The Bertz CT molecular complexity index is 1970. The summed E-state index contributed by atoms with van der Waals surface area (Å²) in [4.78, 5) is 18.3. The van der Waals surface area contributed by atoms with Crippen molar-refractivity contribution < 1.29 is 20.1 Å². The molecule has 5 aromatic rings. The predicted octanol–water partition coefficient (Wildman–Crippen LogP) is 10.8. The van der Waals surface area contributed by atoms with Crippen molar-refractivity contribution in [3.63, 3.8) is 0 Å². The molecule has 8 heteroatoms. The number of anilines is 2. The van der Waals surface area contributed by atoms with Crippen molar-refractivity contribution in [2.75, 3.05) is 22.9 Å². The fourth-order valence-electron chi connectivity index (χ4n) is 6.70. The zero-order valence-corrected chi connectivity index (χ0v) is 35.9. The Morgan fingerprint density at radius 2 is 1.20 bits per heavy atom. The van der Waals surface area contributed by atoms with Crippen molar-refractivity contribution in [1.82, 2.24) is 24.2 Å². The molecule has 1 radical (unpaired) electrons. The fourth-order valence-corrected chi connectivity index (χ4v) is 6.70. The third-order valence-electron chi connectivity index (χ3n) is 10.7. The molecule has 54 heavy (non-hydrogen) atoms. The molecule has 2 aromatic heterocycles. The summed E-state index contributed by atoms with van der Waals surface area (Å²) in [5, 5.41) is 0. The average molecular weight is 897 g/mol. The molecular formula is C46H54IrN7-5. The van der Waals surface area contributed by atoms with Crippen molar-refractivity contribution >= 4 is 17.0 Å². The molecule has 0 fully saturated rings. The van der Waals surface area contributed by atoms with E-state index >= 15 is 0 Å². The maximum absolute atomic E-state index is 4.57. The quantitative estimate of drug-likeness (QED) is 0.103. The second-order valence-electron chi connectivity index (χ2n) is 14.8. The summed E-state index contributed by atoms with van der Waals surface area (Å²) < 4.78 is 2.07. The molecule has 0 atom stereocenters. The van der Waals surface area contributed by atoms with Crippen LogP contribution < -0.4 is 9.80 Å². The number of rotatable bonds is 10. The van der Waals surface area contributed by atoms with Crippen molar-refractivity contribution in [1.29, 1.82) is 0 Å². The Balaban J connectivity index is 0.000000259. The van der Waals surface area contributed by atoms with Gasteiger partial charge in [-0.2, -0.15) is 60.9 Å². The van der Waals surface area contributed by atoms with Crippen molar-refractivity contribution in [3.05, 3.63) is 150 Å². The van der Waals surface area contributed by atoms with E-state index in [2.05, 4.69) is 164 Å². The number of aromatic nitrogens is 3. The molecule has 0 saturated heterocycles. The molecule has 287 valence electrons. The van der Waals surface area contributed by atoms with E-state index < -0.39 is 0 Å². The van der Waals surface area contributed by atoms with Crippen LogP contribution in [-0.4, -0.2) is 37.3 Å². The van der Waals surface area contributed by atoms with Crippen molar-refractivity contribution in [2.24, 2.45) is 0 Å². The minimum Gasteiger partial charge on any atom is -0.505 e. The molecule has 0 saturated carbocycles. The van der Waals surface area contributed by atoms with Crippen LogP contribution in [0.25, 0.3) is 16.9 Å². The van der Waals surface area contributed by atoms with Gasteiger partial charge in [-0.15, -0.1) is 59.4 Å². The maximum Gasteiger partial charge on any atom is 0.120 e. The number of aryl methyl sites for hydroxylation is 2. The van der Waals surface area contributed by atoms with E-state index in [1.165, 1.54) is 33.9 Å². The van der Waals surface area contributed by atoms with Gasteiger partial charge < -0.3 is 24.0 Å². The Morgan fingerprint density at radius 1 is 0.667 bits per heavy atom. The van der Waals surface area contributed by atoms with Crippen molar-refractivity contribution in [2.45, 2.75) is 93.9 Å². The second kappa shape index (κ2) is 17.8. The number of fused-ring (bicyclic) bond motifs is 1. The summed E-state index contributed by atoms with van der Waals surface area (Å²) in [7, 11) is 0. The molecule has 0 aliphatic carbocycles. The minimum atomic E-state index is 0. The van der Waals surface area contributed by atoms with Gasteiger partial charge in [-0.25, -0.2) is 4.98 Å². The number of hydrogen-bond acceptors (Lipinski definition) is 6. The van der Waals surface area contributed by atoms with Gasteiger partial charge in [0.05, 0.1) is 5.69 Å². The SMILES string of the molecule is CC1=C(C)N(c2[c-]cc(C(C)C)cc2)[CH-]N1CCCCN1[CH-]N(c2[c-]cc(C(C)C)cc2)C(C)=C1C.Cc1nc2c(-c3[c-]cccc3)nccn2c1C.[Ir]. The van der Waals surface area contributed by atoms with Crippen LogP contribution in [0, 0.1) is 45.4 Å². The first-order chi connectivity index (χ1) is 25.4. The van der Waals surface area contributed by atoms with E-state index in [4.69, 9.17) is 0 Å². The molecule has 2 aliphatic heterocycles. The Kier molecular flexibility index (Phi) is 13.5. The van der Waals surface area contributed by atoms with Gasteiger partial charge in [0.1, 0.15) is 5.65 Å². The maximum atomic E-state index is 4.57. The largest absolute Gasteiger partial charge is 0.505 e. The second-order valence-corrected chi connectivity index (χ2v) is 14.8. The summed E-state index contributed by atoms with van der Waals surface area (Å²) >= 11 is 0. The fraction of sp³-hybridized carbons (Fsp3) is 0.348. The molecule has 0 amide bonds. The average Bonchev–Trinajstić information content (AvgIpc) is 3.74. The molecule has 0 unspecified atom stereocenters. The molecular weight excluding hydrogens is 843 g/mol. The molecule has 7 nitrogen and oxygen atoms in total. The van der Waals surface area contributed by atoms with Gasteiger partial charge >= 0.3 is 0 Å². The Hall–Kier alpha value is -4.39. The van der Waals surface area contributed by atoms with Crippen LogP contribution in [0.15, 0.2) is 95.8 Å². The first-order valence-corrected chi connectivity index (χ1v) is 18.9. The van der Waals surface area contributed by atoms with E-state index in [-0.39, 0.29) is 20.1 Å². The Labute approximate surface area is 337 Å². The standard InChI is InChI=1S/C32H42N4.C14H12N3.Ir/c1-23(2)29-11-15-31(16-12-29)35-21-33(25(5)27(35)7)19-9-10-20-34-22-36(28(8)26(34)6)32-17-13-30(14-18-32)24(3)4;1-10-11(2)17-9-8-15-13(14(17)16-10)12-6-4-3-5-7-12;/h11-15,17,21-24H,9-10,19-20H2,1-8H3;3-6,8-9H,1-2H3;/q-4;-1;. The van der Waals surface area contributed by atoms with Crippen LogP contribution >= 0.6 is 0 Å². The normalized spacial score (nSPS) is 14.5. The van der Waals surface area contributed by atoms with E-state index in [1.807, 2.05) is 37.4 Å². The van der Waals surface area contributed by atoms with Crippen LogP contribution in [0.2, 0.25) is 0 Å². The summed E-state index contributed by atoms with van der Waals surface area (Å²) in [5.74, 6) is 1.05. The topological polar surface area (TPSA) is 43.2 Å². The molecule has 3 aromatic carbocycles. The zero-order valence-electron chi connectivity index (χ0n) is 33.5. The number of nitrogens with zero attached hydrogens (tertiary/aromatic N) is 7. The third kappa shape index (κ3) is 8.77. The van der Waals surface area contributed by atoms with Gasteiger partial charge in [-0.1, -0.05) is 39.5 Å². The van der Waals surface area contributed by atoms with Crippen LogP contribution in [0.3, 0.4) is 0 Å². The van der Waals surface area contributed by atoms with Crippen molar-refractivity contribution in [3.8, 4) is 11.3 Å². The van der Waals surface area contributed by atoms with Crippen LogP contribution in [0.1, 0.15) is 103 Å². The minimum absolute atomic E-state index is 0. The van der Waals surface area contributed by atoms with Gasteiger partial charge in [-0.05, 0) is 78.9 Å². The molecule has 0 N–H and O–H groups in total.